The third kappa shape index (κ3) is 4.74. The smallest absolute Gasteiger partial charge is 0.230 e. The van der Waals surface area contributed by atoms with Crippen molar-refractivity contribution < 1.29 is 4.79 Å². The fraction of sp³-hybridized carbons (Fsp3) is 0.889. The Morgan fingerprint density at radius 1 is 1.16 bits per heavy atom. The zero-order valence-electron chi connectivity index (χ0n) is 15.7. The van der Waals surface area contributed by atoms with Crippen LogP contribution in [0.2, 0.25) is 0 Å². The van der Waals surface area contributed by atoms with E-state index in [0.29, 0.717) is 23.8 Å². The summed E-state index contributed by atoms with van der Waals surface area (Å²) in [4.78, 5) is 12.5. The molecule has 2 unspecified atom stereocenters. The van der Waals surface area contributed by atoms with Crippen LogP contribution in [0, 0.1) is 11.3 Å². The SMILES string of the molecule is CC(C)(C)C1CCCCC1NC(=O)CSc1nnnn1C1CCCC1. The lowest BCUT2D eigenvalue weighted by molar-refractivity contribution is -0.120. The van der Waals surface area contributed by atoms with Gasteiger partial charge in [-0.15, -0.1) is 5.10 Å². The van der Waals surface area contributed by atoms with Gasteiger partial charge in [-0.25, -0.2) is 4.68 Å². The Kier molecular flexibility index (Phi) is 6.02. The highest BCUT2D eigenvalue weighted by atomic mass is 32.2. The number of carbonyl (C=O) groups is 1. The minimum Gasteiger partial charge on any atom is -0.352 e. The molecule has 2 aliphatic rings. The lowest BCUT2D eigenvalue weighted by atomic mass is 9.69. The number of nitrogens with one attached hydrogen (secondary N) is 1. The van der Waals surface area contributed by atoms with Gasteiger partial charge in [0.15, 0.2) is 0 Å². The summed E-state index contributed by atoms with van der Waals surface area (Å²) in [6, 6.07) is 0.705. The van der Waals surface area contributed by atoms with E-state index in [9.17, 15) is 4.79 Å². The second-order valence-corrected chi connectivity index (χ2v) is 9.51. The van der Waals surface area contributed by atoms with E-state index in [2.05, 4.69) is 41.6 Å². The van der Waals surface area contributed by atoms with Crippen LogP contribution < -0.4 is 5.32 Å². The highest BCUT2D eigenvalue weighted by molar-refractivity contribution is 7.99. The van der Waals surface area contributed by atoms with Gasteiger partial charge in [0.1, 0.15) is 0 Å². The predicted octanol–water partition coefficient (Wildman–Crippen LogP) is 3.60. The second-order valence-electron chi connectivity index (χ2n) is 8.56. The second kappa shape index (κ2) is 8.06. The predicted molar refractivity (Wildman–Crippen MR) is 99.4 cm³/mol. The van der Waals surface area contributed by atoms with Crippen LogP contribution in [0.1, 0.15) is 78.2 Å². The average molecular weight is 366 g/mol. The summed E-state index contributed by atoms with van der Waals surface area (Å²) in [5.74, 6) is 1.05. The largest absolute Gasteiger partial charge is 0.352 e. The van der Waals surface area contributed by atoms with Crippen molar-refractivity contribution in [3.63, 3.8) is 0 Å². The molecule has 0 saturated heterocycles. The van der Waals surface area contributed by atoms with E-state index < -0.39 is 0 Å². The molecule has 0 aromatic carbocycles. The monoisotopic (exact) mass is 365 g/mol. The zero-order chi connectivity index (χ0) is 17.9. The van der Waals surface area contributed by atoms with Gasteiger partial charge in [-0.2, -0.15) is 0 Å². The van der Waals surface area contributed by atoms with E-state index in [-0.39, 0.29) is 11.3 Å². The Morgan fingerprint density at radius 2 is 1.84 bits per heavy atom. The van der Waals surface area contributed by atoms with E-state index in [1.165, 1.54) is 43.9 Å². The summed E-state index contributed by atoms with van der Waals surface area (Å²) in [6.45, 7) is 6.85. The van der Waals surface area contributed by atoms with Crippen molar-refractivity contribution in [1.29, 1.82) is 0 Å². The van der Waals surface area contributed by atoms with Crippen LogP contribution in [0.3, 0.4) is 0 Å². The average Bonchev–Trinajstić information content (AvgIpc) is 3.23. The molecule has 1 heterocycles. The molecule has 0 radical (unpaired) electrons. The quantitative estimate of drug-likeness (QED) is 0.807. The molecule has 0 spiro atoms. The number of rotatable bonds is 5. The van der Waals surface area contributed by atoms with Gasteiger partial charge in [-0.1, -0.05) is 58.2 Å². The molecule has 140 valence electrons. The first-order chi connectivity index (χ1) is 11.9. The van der Waals surface area contributed by atoms with Crippen LogP contribution in [0.15, 0.2) is 5.16 Å². The van der Waals surface area contributed by atoms with Crippen molar-refractivity contribution >= 4 is 17.7 Å². The Morgan fingerprint density at radius 3 is 2.56 bits per heavy atom. The number of hydrogen-bond acceptors (Lipinski definition) is 5. The standard InChI is InChI=1S/C18H31N5OS/c1-18(2,3)14-10-6-7-11-15(14)19-16(24)12-25-17-20-21-22-23(17)13-8-4-5-9-13/h13-15H,4-12H2,1-3H3,(H,19,24). The van der Waals surface area contributed by atoms with Crippen LogP contribution in [-0.4, -0.2) is 37.9 Å². The van der Waals surface area contributed by atoms with Crippen molar-refractivity contribution in [1.82, 2.24) is 25.5 Å². The number of nitrogens with zero attached hydrogens (tertiary/aromatic N) is 4. The van der Waals surface area contributed by atoms with Crippen LogP contribution in [0.5, 0.6) is 0 Å². The van der Waals surface area contributed by atoms with Gasteiger partial charge in [0, 0.05) is 6.04 Å². The zero-order valence-corrected chi connectivity index (χ0v) is 16.5. The van der Waals surface area contributed by atoms with Crippen molar-refractivity contribution in [2.24, 2.45) is 11.3 Å². The van der Waals surface area contributed by atoms with Gasteiger partial charge in [0.2, 0.25) is 11.1 Å². The number of amides is 1. The van der Waals surface area contributed by atoms with E-state index >= 15 is 0 Å². The number of carbonyl (C=O) groups excluding carboxylic acids is 1. The van der Waals surface area contributed by atoms with Gasteiger partial charge in [0.25, 0.3) is 0 Å². The molecule has 1 aromatic rings. The Balaban J connectivity index is 1.53. The van der Waals surface area contributed by atoms with Gasteiger partial charge in [-0.05, 0) is 47.4 Å². The van der Waals surface area contributed by atoms with Gasteiger partial charge < -0.3 is 5.32 Å². The van der Waals surface area contributed by atoms with Crippen LogP contribution in [-0.2, 0) is 4.79 Å². The Bertz CT molecular complexity index is 576. The summed E-state index contributed by atoms with van der Waals surface area (Å²) < 4.78 is 1.92. The van der Waals surface area contributed by atoms with Gasteiger partial charge in [-0.3, -0.25) is 4.79 Å². The summed E-state index contributed by atoms with van der Waals surface area (Å²) in [5.41, 5.74) is 0.234. The highest BCUT2D eigenvalue weighted by Crippen LogP contribution is 2.38. The lowest BCUT2D eigenvalue weighted by Gasteiger charge is -2.40. The molecular weight excluding hydrogens is 334 g/mol. The minimum atomic E-state index is 0.104. The van der Waals surface area contributed by atoms with Gasteiger partial charge in [0.05, 0.1) is 11.8 Å². The first-order valence-corrected chi connectivity index (χ1v) is 10.6. The van der Waals surface area contributed by atoms with E-state index in [1.54, 1.807) is 0 Å². The van der Waals surface area contributed by atoms with Crippen molar-refractivity contribution in [2.75, 3.05) is 5.75 Å². The van der Waals surface area contributed by atoms with Crippen molar-refractivity contribution in [3.8, 4) is 0 Å². The number of hydrogen-bond donors (Lipinski definition) is 1. The number of thioether (sulfide) groups is 1. The van der Waals surface area contributed by atoms with E-state index in [4.69, 9.17) is 0 Å². The molecule has 3 rings (SSSR count). The molecule has 2 saturated carbocycles. The first kappa shape index (κ1) is 18.7. The minimum absolute atomic E-state index is 0.104. The molecule has 2 fully saturated rings. The lowest BCUT2D eigenvalue weighted by Crippen LogP contribution is -2.47. The molecule has 0 aliphatic heterocycles. The molecule has 25 heavy (non-hydrogen) atoms. The van der Waals surface area contributed by atoms with Crippen molar-refractivity contribution in [3.05, 3.63) is 0 Å². The fourth-order valence-corrected chi connectivity index (χ4v) is 5.13. The Labute approximate surface area is 154 Å². The summed E-state index contributed by atoms with van der Waals surface area (Å²) in [7, 11) is 0. The molecule has 1 aromatic heterocycles. The molecule has 6 nitrogen and oxygen atoms in total. The van der Waals surface area contributed by atoms with Crippen LogP contribution in [0.4, 0.5) is 0 Å². The maximum Gasteiger partial charge on any atom is 0.230 e. The molecule has 2 atom stereocenters. The van der Waals surface area contributed by atoms with E-state index in [1.807, 2.05) is 4.68 Å². The van der Waals surface area contributed by atoms with E-state index in [0.717, 1.165) is 24.4 Å². The molecule has 7 heteroatoms. The third-order valence-corrected chi connectivity index (χ3v) is 6.62. The number of tetrazole rings is 1. The fourth-order valence-electron chi connectivity index (χ4n) is 4.38. The topological polar surface area (TPSA) is 72.7 Å². The molecular formula is C18H31N5OS. The molecule has 1 amide bonds. The summed E-state index contributed by atoms with van der Waals surface area (Å²) in [5, 5.41) is 16.1. The third-order valence-electron chi connectivity index (χ3n) is 5.69. The molecule has 1 N–H and O–H groups in total. The van der Waals surface area contributed by atoms with Crippen LogP contribution >= 0.6 is 11.8 Å². The normalized spacial score (nSPS) is 25.2. The molecule has 2 aliphatic carbocycles. The van der Waals surface area contributed by atoms with Gasteiger partial charge >= 0.3 is 0 Å². The number of aromatic nitrogens is 4. The summed E-state index contributed by atoms with van der Waals surface area (Å²) >= 11 is 1.46. The Hall–Kier alpha value is -1.11. The van der Waals surface area contributed by atoms with Crippen molar-refractivity contribution in [2.45, 2.75) is 89.4 Å². The summed E-state index contributed by atoms with van der Waals surface area (Å²) in [6.07, 6.45) is 9.56. The molecule has 0 bridgehead atoms. The maximum absolute atomic E-state index is 12.5. The highest BCUT2D eigenvalue weighted by Gasteiger charge is 2.34. The first-order valence-electron chi connectivity index (χ1n) is 9.65. The maximum atomic E-state index is 12.5. The van der Waals surface area contributed by atoms with Crippen LogP contribution in [0.25, 0.3) is 0 Å².